The quantitative estimate of drug-likeness (QED) is 0.847. The number of hydrogen-bond acceptors (Lipinski definition) is 3. The van der Waals surface area contributed by atoms with E-state index in [0.717, 1.165) is 10.9 Å². The van der Waals surface area contributed by atoms with Gasteiger partial charge >= 0.3 is 0 Å². The summed E-state index contributed by atoms with van der Waals surface area (Å²) in [7, 11) is 1.67. The average molecular weight is 309 g/mol. The highest BCUT2D eigenvalue weighted by atomic mass is 79.9. The van der Waals surface area contributed by atoms with Crippen LogP contribution in [0.15, 0.2) is 16.6 Å². The van der Waals surface area contributed by atoms with E-state index in [2.05, 4.69) is 15.9 Å². The monoisotopic (exact) mass is 307 g/mol. The molecule has 5 heteroatoms. The first-order valence-electron chi connectivity index (χ1n) is 4.94. The summed E-state index contributed by atoms with van der Waals surface area (Å²) in [6, 6.07) is 3.43. The number of halogens is 2. The first-order chi connectivity index (χ1) is 7.54. The standard InChI is InChI=1S/C11H15BrClNO2/c1-7(3-4-15-2)16-11-9(12)5-8(13)6-10(11)14/h5-7H,3-4,14H2,1-2H3. The van der Waals surface area contributed by atoms with E-state index < -0.39 is 0 Å². The van der Waals surface area contributed by atoms with Crippen molar-refractivity contribution in [3.63, 3.8) is 0 Å². The lowest BCUT2D eigenvalue weighted by atomic mass is 10.2. The van der Waals surface area contributed by atoms with E-state index in [9.17, 15) is 0 Å². The molecule has 0 radical (unpaired) electrons. The van der Waals surface area contributed by atoms with E-state index in [1.54, 1.807) is 19.2 Å². The molecule has 1 aromatic carbocycles. The summed E-state index contributed by atoms with van der Waals surface area (Å²) < 4.78 is 11.5. The van der Waals surface area contributed by atoms with Gasteiger partial charge in [-0.1, -0.05) is 11.6 Å². The van der Waals surface area contributed by atoms with E-state index in [1.165, 1.54) is 0 Å². The van der Waals surface area contributed by atoms with Crippen molar-refractivity contribution in [3.8, 4) is 5.75 Å². The number of hydrogen-bond donors (Lipinski definition) is 1. The molecule has 2 N–H and O–H groups in total. The number of nitrogens with two attached hydrogens (primary N) is 1. The number of rotatable bonds is 5. The highest BCUT2D eigenvalue weighted by molar-refractivity contribution is 9.10. The van der Waals surface area contributed by atoms with Crippen molar-refractivity contribution in [1.82, 2.24) is 0 Å². The zero-order chi connectivity index (χ0) is 12.1. The fourth-order valence-electron chi connectivity index (χ4n) is 1.25. The molecule has 0 aliphatic heterocycles. The van der Waals surface area contributed by atoms with Gasteiger partial charge in [0, 0.05) is 25.2 Å². The normalized spacial score (nSPS) is 12.5. The van der Waals surface area contributed by atoms with Crippen LogP contribution in [0.3, 0.4) is 0 Å². The molecule has 0 heterocycles. The Bertz CT molecular complexity index is 337. The molecule has 1 rings (SSSR count). The van der Waals surface area contributed by atoms with Gasteiger partial charge < -0.3 is 15.2 Å². The maximum atomic E-state index is 5.86. The van der Waals surface area contributed by atoms with Crippen LogP contribution < -0.4 is 10.5 Å². The van der Waals surface area contributed by atoms with Crippen LogP contribution >= 0.6 is 27.5 Å². The summed E-state index contributed by atoms with van der Waals surface area (Å²) >= 11 is 9.23. The van der Waals surface area contributed by atoms with Crippen molar-refractivity contribution in [3.05, 3.63) is 21.6 Å². The molecule has 0 aliphatic rings. The van der Waals surface area contributed by atoms with E-state index in [0.29, 0.717) is 23.1 Å². The van der Waals surface area contributed by atoms with Crippen molar-refractivity contribution in [2.24, 2.45) is 0 Å². The van der Waals surface area contributed by atoms with Crippen molar-refractivity contribution in [1.29, 1.82) is 0 Å². The molecule has 3 nitrogen and oxygen atoms in total. The molecule has 0 bridgehead atoms. The molecule has 90 valence electrons. The van der Waals surface area contributed by atoms with Crippen molar-refractivity contribution in [2.75, 3.05) is 19.5 Å². The van der Waals surface area contributed by atoms with Gasteiger partial charge in [0.1, 0.15) is 0 Å². The SMILES string of the molecule is COCCC(C)Oc1c(N)cc(Cl)cc1Br. The first kappa shape index (κ1) is 13.6. The van der Waals surface area contributed by atoms with Crippen LogP contribution in [0.1, 0.15) is 13.3 Å². The smallest absolute Gasteiger partial charge is 0.156 e. The molecular formula is C11H15BrClNO2. The Balaban J connectivity index is 2.73. The minimum atomic E-state index is 0.0414. The van der Waals surface area contributed by atoms with Gasteiger partial charge in [-0.2, -0.15) is 0 Å². The van der Waals surface area contributed by atoms with Crippen LogP contribution in [0.4, 0.5) is 5.69 Å². The van der Waals surface area contributed by atoms with Gasteiger partial charge in [-0.05, 0) is 35.0 Å². The molecule has 0 aromatic heterocycles. The average Bonchev–Trinajstić information content (AvgIpc) is 2.20. The molecule has 0 saturated heterocycles. The van der Waals surface area contributed by atoms with Gasteiger partial charge in [-0.25, -0.2) is 0 Å². The number of methoxy groups -OCH3 is 1. The summed E-state index contributed by atoms with van der Waals surface area (Å²) in [6.45, 7) is 2.63. The van der Waals surface area contributed by atoms with Crippen LogP contribution in [-0.2, 0) is 4.74 Å². The molecule has 16 heavy (non-hydrogen) atoms. The maximum absolute atomic E-state index is 5.86. The Labute approximate surface area is 109 Å². The van der Waals surface area contributed by atoms with E-state index >= 15 is 0 Å². The summed E-state index contributed by atoms with van der Waals surface area (Å²) in [5.41, 5.74) is 6.36. The predicted octanol–water partition coefficient (Wildman–Crippen LogP) is 3.49. The molecule has 1 aromatic rings. The largest absolute Gasteiger partial charge is 0.487 e. The molecular weight excluding hydrogens is 293 g/mol. The van der Waals surface area contributed by atoms with Crippen LogP contribution in [0.25, 0.3) is 0 Å². The summed E-state index contributed by atoms with van der Waals surface area (Å²) in [5.74, 6) is 0.632. The van der Waals surface area contributed by atoms with Gasteiger partial charge in [-0.3, -0.25) is 0 Å². The van der Waals surface area contributed by atoms with Gasteiger partial charge in [-0.15, -0.1) is 0 Å². The number of anilines is 1. The van der Waals surface area contributed by atoms with Crippen LogP contribution in [0.2, 0.25) is 5.02 Å². The minimum Gasteiger partial charge on any atom is -0.487 e. The fraction of sp³-hybridized carbons (Fsp3) is 0.455. The lowest BCUT2D eigenvalue weighted by Gasteiger charge is -2.17. The van der Waals surface area contributed by atoms with Gasteiger partial charge in [0.15, 0.2) is 5.75 Å². The molecule has 1 atom stereocenters. The number of benzene rings is 1. The van der Waals surface area contributed by atoms with Crippen molar-refractivity contribution >= 4 is 33.2 Å². The third-order valence-electron chi connectivity index (χ3n) is 2.08. The maximum Gasteiger partial charge on any atom is 0.156 e. The van der Waals surface area contributed by atoms with Gasteiger partial charge in [0.05, 0.1) is 16.3 Å². The summed E-state index contributed by atoms with van der Waals surface area (Å²) in [6.07, 6.45) is 0.852. The van der Waals surface area contributed by atoms with Gasteiger partial charge in [0.2, 0.25) is 0 Å². The second kappa shape index (κ2) is 6.33. The minimum absolute atomic E-state index is 0.0414. The summed E-state index contributed by atoms with van der Waals surface area (Å²) in [4.78, 5) is 0. The van der Waals surface area contributed by atoms with Crippen molar-refractivity contribution < 1.29 is 9.47 Å². The Morgan fingerprint density at radius 2 is 2.19 bits per heavy atom. The Hall–Kier alpha value is -0.450. The zero-order valence-corrected chi connectivity index (χ0v) is 11.6. The fourth-order valence-corrected chi connectivity index (χ4v) is 2.18. The molecule has 0 spiro atoms. The van der Waals surface area contributed by atoms with E-state index in [-0.39, 0.29) is 6.10 Å². The van der Waals surface area contributed by atoms with Crippen LogP contribution in [-0.4, -0.2) is 19.8 Å². The third kappa shape index (κ3) is 3.85. The molecule has 0 aliphatic carbocycles. The number of nitrogen functional groups attached to an aromatic ring is 1. The molecule has 1 unspecified atom stereocenters. The summed E-state index contributed by atoms with van der Waals surface area (Å²) in [5, 5.41) is 0.585. The van der Waals surface area contributed by atoms with E-state index in [4.69, 9.17) is 26.8 Å². The Morgan fingerprint density at radius 1 is 1.50 bits per heavy atom. The van der Waals surface area contributed by atoms with Crippen LogP contribution in [0.5, 0.6) is 5.75 Å². The third-order valence-corrected chi connectivity index (χ3v) is 2.89. The van der Waals surface area contributed by atoms with Gasteiger partial charge in [0.25, 0.3) is 0 Å². The predicted molar refractivity (Wildman–Crippen MR) is 70.1 cm³/mol. The molecule has 0 amide bonds. The zero-order valence-electron chi connectivity index (χ0n) is 9.30. The molecule has 0 fully saturated rings. The second-order valence-electron chi connectivity index (χ2n) is 3.52. The molecule has 0 saturated carbocycles. The highest BCUT2D eigenvalue weighted by Crippen LogP contribution is 2.35. The lowest BCUT2D eigenvalue weighted by Crippen LogP contribution is -2.15. The first-order valence-corrected chi connectivity index (χ1v) is 6.11. The number of ether oxygens (including phenoxy) is 2. The Morgan fingerprint density at radius 3 is 2.75 bits per heavy atom. The second-order valence-corrected chi connectivity index (χ2v) is 4.81. The lowest BCUT2D eigenvalue weighted by molar-refractivity contribution is 0.135. The topological polar surface area (TPSA) is 44.5 Å². The Kier molecular flexibility index (Phi) is 5.38. The van der Waals surface area contributed by atoms with Crippen molar-refractivity contribution in [2.45, 2.75) is 19.4 Å². The van der Waals surface area contributed by atoms with E-state index in [1.807, 2.05) is 6.92 Å². The van der Waals surface area contributed by atoms with Crippen LogP contribution in [0, 0.1) is 0 Å². The highest BCUT2D eigenvalue weighted by Gasteiger charge is 2.11.